The fraction of sp³-hybridized carbons (Fsp3) is 0.300. The van der Waals surface area contributed by atoms with Crippen molar-refractivity contribution in [1.82, 2.24) is 39.7 Å². The predicted molar refractivity (Wildman–Crippen MR) is 154 cm³/mol. The molecule has 1 saturated heterocycles. The molecule has 0 saturated carbocycles. The first kappa shape index (κ1) is 26.0. The Morgan fingerprint density at radius 2 is 1.98 bits per heavy atom. The van der Waals surface area contributed by atoms with Gasteiger partial charge in [0.05, 0.1) is 35.8 Å². The molecule has 0 bridgehead atoms. The summed E-state index contributed by atoms with van der Waals surface area (Å²) in [5.74, 6) is 0.618. The maximum absolute atomic E-state index is 13.3. The van der Waals surface area contributed by atoms with E-state index in [1.807, 2.05) is 48.7 Å². The molecule has 5 aromatic rings. The molecule has 1 fully saturated rings. The molecule has 212 valence electrons. The van der Waals surface area contributed by atoms with Gasteiger partial charge in [-0.1, -0.05) is 36.4 Å². The van der Waals surface area contributed by atoms with Crippen molar-refractivity contribution >= 4 is 23.2 Å². The Kier molecular flexibility index (Phi) is 6.67. The first-order valence-corrected chi connectivity index (χ1v) is 14.0. The van der Waals surface area contributed by atoms with Gasteiger partial charge in [-0.15, -0.1) is 0 Å². The standard InChI is InChI=1S/C30H29N9O3/c1-42-16-21-13-19(10-12-38(21)30(41)27-33-17-34-37-27)26-25-24(40)9-11-31-29(25)39-28(36-26)22(15-35-39)20-7-8-23(32-14-20)18-5-3-2-4-6-18/h2-8,14-15,17,19,21,31H,9-13,16H2,1H3,(H,33,34,37). The molecule has 2 aliphatic heterocycles. The molecule has 2 aliphatic rings. The minimum atomic E-state index is -0.222. The summed E-state index contributed by atoms with van der Waals surface area (Å²) in [6, 6.07) is 13.8. The van der Waals surface area contributed by atoms with Crippen molar-refractivity contribution in [3.05, 3.63) is 78.3 Å². The number of nitrogens with one attached hydrogen (secondary N) is 2. The molecule has 4 aromatic heterocycles. The number of fused-ring (bicyclic) bond motifs is 3. The van der Waals surface area contributed by atoms with E-state index in [4.69, 9.17) is 14.7 Å². The van der Waals surface area contributed by atoms with E-state index in [0.717, 1.165) is 28.1 Å². The third-order valence-electron chi connectivity index (χ3n) is 8.08. The van der Waals surface area contributed by atoms with Gasteiger partial charge in [0.15, 0.2) is 11.4 Å². The van der Waals surface area contributed by atoms with E-state index in [2.05, 4.69) is 25.6 Å². The van der Waals surface area contributed by atoms with Gasteiger partial charge >= 0.3 is 0 Å². The highest BCUT2D eigenvalue weighted by Gasteiger charge is 2.38. The monoisotopic (exact) mass is 563 g/mol. The van der Waals surface area contributed by atoms with Crippen LogP contribution < -0.4 is 5.32 Å². The molecule has 12 nitrogen and oxygen atoms in total. The molecule has 42 heavy (non-hydrogen) atoms. The Morgan fingerprint density at radius 1 is 1.10 bits per heavy atom. The molecule has 7 rings (SSSR count). The van der Waals surface area contributed by atoms with E-state index in [1.165, 1.54) is 6.33 Å². The summed E-state index contributed by atoms with van der Waals surface area (Å²) < 4.78 is 7.24. The van der Waals surface area contributed by atoms with Gasteiger partial charge in [-0.3, -0.25) is 19.7 Å². The fourth-order valence-corrected chi connectivity index (χ4v) is 6.06. The number of carbonyl (C=O) groups is 2. The number of carbonyl (C=O) groups excluding carboxylic acids is 2. The first-order valence-electron chi connectivity index (χ1n) is 14.0. The summed E-state index contributed by atoms with van der Waals surface area (Å²) in [4.78, 5) is 42.2. The molecule has 2 unspecified atom stereocenters. The summed E-state index contributed by atoms with van der Waals surface area (Å²) >= 11 is 0. The molecule has 2 atom stereocenters. The summed E-state index contributed by atoms with van der Waals surface area (Å²) in [5.41, 5.74) is 5.61. The molecule has 0 radical (unpaired) electrons. The Bertz CT molecular complexity index is 1750. The Labute approximate surface area is 241 Å². The van der Waals surface area contributed by atoms with Crippen LogP contribution in [-0.2, 0) is 4.74 Å². The van der Waals surface area contributed by atoms with Crippen molar-refractivity contribution in [1.29, 1.82) is 0 Å². The second kappa shape index (κ2) is 10.8. The number of nitrogens with zero attached hydrogens (tertiary/aromatic N) is 7. The zero-order chi connectivity index (χ0) is 28.6. The normalized spacial score (nSPS) is 18.6. The SMILES string of the molecule is COCC1CC(c2nc3c(-c4ccc(-c5ccccc5)nc4)cnn3c3c2C(=O)CCN3)CCN1C(=O)c1ncn[nH]1. The van der Waals surface area contributed by atoms with E-state index in [-0.39, 0.29) is 29.5 Å². The number of pyridine rings is 1. The van der Waals surface area contributed by atoms with Crippen molar-refractivity contribution in [2.45, 2.75) is 31.2 Å². The molecule has 6 heterocycles. The number of ketones is 1. The number of aromatic amines is 1. The molecule has 12 heteroatoms. The molecule has 1 aromatic carbocycles. The van der Waals surface area contributed by atoms with E-state index >= 15 is 0 Å². The lowest BCUT2D eigenvalue weighted by Gasteiger charge is -2.39. The van der Waals surface area contributed by atoms with Crippen molar-refractivity contribution in [2.24, 2.45) is 0 Å². The Hall–Kier alpha value is -4.97. The highest BCUT2D eigenvalue weighted by atomic mass is 16.5. The Morgan fingerprint density at radius 3 is 2.74 bits per heavy atom. The summed E-state index contributed by atoms with van der Waals surface area (Å²) in [5, 5.41) is 14.5. The Balaban J connectivity index is 1.27. The highest BCUT2D eigenvalue weighted by molar-refractivity contribution is 6.04. The largest absolute Gasteiger partial charge is 0.383 e. The van der Waals surface area contributed by atoms with E-state index in [0.29, 0.717) is 56.0 Å². The number of rotatable bonds is 6. The summed E-state index contributed by atoms with van der Waals surface area (Å²) in [6.45, 7) is 1.35. The van der Waals surface area contributed by atoms with Crippen LogP contribution >= 0.6 is 0 Å². The number of ether oxygens (including phenoxy) is 1. The van der Waals surface area contributed by atoms with Crippen LogP contribution in [0.15, 0.2) is 61.2 Å². The van der Waals surface area contributed by atoms with E-state index in [9.17, 15) is 9.59 Å². The second-order valence-corrected chi connectivity index (χ2v) is 10.6. The topological polar surface area (TPSA) is 143 Å². The van der Waals surface area contributed by atoms with Crippen LogP contribution in [0.4, 0.5) is 5.82 Å². The summed E-state index contributed by atoms with van der Waals surface area (Å²) in [6.07, 6.45) is 6.55. The van der Waals surface area contributed by atoms with Gasteiger partial charge in [0.1, 0.15) is 12.1 Å². The van der Waals surface area contributed by atoms with Gasteiger partial charge in [-0.25, -0.2) is 9.97 Å². The number of H-pyrrole nitrogens is 1. The van der Waals surface area contributed by atoms with Crippen LogP contribution in [-0.4, -0.2) is 84.2 Å². The third kappa shape index (κ3) is 4.49. The number of benzene rings is 1. The predicted octanol–water partition coefficient (Wildman–Crippen LogP) is 3.61. The van der Waals surface area contributed by atoms with Gasteiger partial charge < -0.3 is 15.0 Å². The molecule has 1 amide bonds. The van der Waals surface area contributed by atoms with Crippen molar-refractivity contribution in [2.75, 3.05) is 32.1 Å². The third-order valence-corrected chi connectivity index (χ3v) is 8.08. The smallest absolute Gasteiger partial charge is 0.291 e. The minimum absolute atomic E-state index is 0.0440. The maximum Gasteiger partial charge on any atom is 0.291 e. The number of likely N-dealkylation sites (tertiary alicyclic amines) is 1. The van der Waals surface area contributed by atoms with Crippen molar-refractivity contribution < 1.29 is 14.3 Å². The van der Waals surface area contributed by atoms with Crippen LogP contribution in [0.5, 0.6) is 0 Å². The molecular formula is C30H29N9O3. The molecular weight excluding hydrogens is 534 g/mol. The average Bonchev–Trinajstić information content (AvgIpc) is 3.72. The first-order chi connectivity index (χ1) is 20.6. The lowest BCUT2D eigenvalue weighted by molar-refractivity contribution is 0.0381. The number of Topliss-reactive ketones (excluding diaryl/α,β-unsaturated/α-hetero) is 1. The van der Waals surface area contributed by atoms with Crippen LogP contribution in [0.3, 0.4) is 0 Å². The summed E-state index contributed by atoms with van der Waals surface area (Å²) in [7, 11) is 1.62. The van der Waals surface area contributed by atoms with Gasteiger partial charge in [-0.2, -0.15) is 14.7 Å². The maximum atomic E-state index is 13.3. The lowest BCUT2D eigenvalue weighted by Crippen LogP contribution is -2.48. The van der Waals surface area contributed by atoms with Gasteiger partial charge in [0, 0.05) is 55.4 Å². The number of amides is 1. The van der Waals surface area contributed by atoms with Crippen LogP contribution in [0.2, 0.25) is 0 Å². The number of hydrogen-bond acceptors (Lipinski definition) is 9. The number of aromatic nitrogens is 7. The molecule has 0 aliphatic carbocycles. The number of anilines is 1. The van der Waals surface area contributed by atoms with Gasteiger partial charge in [0.25, 0.3) is 5.91 Å². The zero-order valence-corrected chi connectivity index (χ0v) is 23.0. The van der Waals surface area contributed by atoms with Crippen molar-refractivity contribution in [3.63, 3.8) is 0 Å². The molecule has 2 N–H and O–H groups in total. The number of methoxy groups -OCH3 is 1. The van der Waals surface area contributed by atoms with Crippen LogP contribution in [0.1, 0.15) is 51.9 Å². The van der Waals surface area contributed by atoms with E-state index < -0.39 is 0 Å². The second-order valence-electron chi connectivity index (χ2n) is 10.6. The number of hydrogen-bond donors (Lipinski definition) is 2. The minimum Gasteiger partial charge on any atom is -0.383 e. The van der Waals surface area contributed by atoms with E-state index in [1.54, 1.807) is 22.7 Å². The fourth-order valence-electron chi connectivity index (χ4n) is 6.06. The average molecular weight is 564 g/mol. The van der Waals surface area contributed by atoms with Gasteiger partial charge in [0.2, 0.25) is 5.82 Å². The van der Waals surface area contributed by atoms with Crippen LogP contribution in [0.25, 0.3) is 28.0 Å². The number of piperidine rings is 1. The van der Waals surface area contributed by atoms with Crippen LogP contribution in [0, 0.1) is 0 Å². The van der Waals surface area contributed by atoms with Gasteiger partial charge in [-0.05, 0) is 18.9 Å². The quantitative estimate of drug-likeness (QED) is 0.317. The molecule has 0 spiro atoms. The highest BCUT2D eigenvalue weighted by Crippen LogP contribution is 2.39. The lowest BCUT2D eigenvalue weighted by atomic mass is 9.84. The van der Waals surface area contributed by atoms with Crippen molar-refractivity contribution in [3.8, 4) is 22.4 Å². The zero-order valence-electron chi connectivity index (χ0n) is 23.0.